The summed E-state index contributed by atoms with van der Waals surface area (Å²) in [5.74, 6) is 0.638. The molecular weight excluding hydrogens is 466 g/mol. The van der Waals surface area contributed by atoms with Crippen LogP contribution in [0.4, 0.5) is 11.4 Å². The Morgan fingerprint density at radius 3 is 2.53 bits per heavy atom. The molecule has 0 atom stereocenters. The maximum absolute atomic E-state index is 13.6. The van der Waals surface area contributed by atoms with E-state index in [2.05, 4.69) is 10.2 Å². The van der Waals surface area contributed by atoms with Crippen LogP contribution in [0.3, 0.4) is 0 Å². The predicted octanol–water partition coefficient (Wildman–Crippen LogP) is 4.96. The molecule has 2 aliphatic rings. The van der Waals surface area contributed by atoms with Gasteiger partial charge in [0.25, 0.3) is 10.0 Å². The van der Waals surface area contributed by atoms with E-state index >= 15 is 0 Å². The second-order valence-corrected chi connectivity index (χ2v) is 11.8. The molecule has 2 heterocycles. The number of thioether (sulfide) groups is 1. The zero-order valence-electron chi connectivity index (χ0n) is 19.1. The Kier molecular flexibility index (Phi) is 6.81. The number of piperidine rings is 1. The van der Waals surface area contributed by atoms with E-state index < -0.39 is 10.0 Å². The van der Waals surface area contributed by atoms with Crippen molar-refractivity contribution in [2.24, 2.45) is 0 Å². The topological polar surface area (TPSA) is 69.7 Å². The van der Waals surface area contributed by atoms with Gasteiger partial charge in [0.05, 0.1) is 10.6 Å². The minimum Gasteiger partial charge on any atom is -0.326 e. The third kappa shape index (κ3) is 4.94. The Bertz CT molecular complexity index is 1300. The average molecular weight is 496 g/mol. The lowest BCUT2D eigenvalue weighted by atomic mass is 10.1. The normalized spacial score (nSPS) is 16.9. The molecule has 1 saturated heterocycles. The van der Waals surface area contributed by atoms with Gasteiger partial charge in [-0.2, -0.15) is 0 Å². The number of nitrogens with one attached hydrogen (secondary N) is 1. The smallest absolute Gasteiger partial charge is 0.264 e. The van der Waals surface area contributed by atoms with Gasteiger partial charge in [0, 0.05) is 35.8 Å². The lowest BCUT2D eigenvalue weighted by Crippen LogP contribution is -2.35. The van der Waals surface area contributed by atoms with Gasteiger partial charge in [0.1, 0.15) is 0 Å². The molecule has 0 aromatic heterocycles. The first-order valence-corrected chi connectivity index (χ1v) is 14.2. The Morgan fingerprint density at radius 2 is 1.71 bits per heavy atom. The number of sulfonamides is 1. The van der Waals surface area contributed by atoms with Crippen LogP contribution >= 0.6 is 11.8 Å². The summed E-state index contributed by atoms with van der Waals surface area (Å²) >= 11 is 1.64. The number of likely N-dealkylation sites (tertiary alicyclic amines) is 1. The number of benzene rings is 3. The summed E-state index contributed by atoms with van der Waals surface area (Å²) in [6, 6.07) is 18.6. The van der Waals surface area contributed by atoms with Crippen LogP contribution in [-0.2, 0) is 14.8 Å². The van der Waals surface area contributed by atoms with E-state index in [9.17, 15) is 13.2 Å². The Morgan fingerprint density at radius 1 is 0.912 bits per heavy atom. The first-order valence-electron chi connectivity index (χ1n) is 11.8. The van der Waals surface area contributed by atoms with Gasteiger partial charge in [-0.15, -0.1) is 11.8 Å². The van der Waals surface area contributed by atoms with E-state index in [4.69, 9.17) is 0 Å². The van der Waals surface area contributed by atoms with Crippen molar-refractivity contribution in [3.05, 3.63) is 60.7 Å². The number of fused-ring (bicyclic) bond motifs is 2. The zero-order valence-corrected chi connectivity index (χ0v) is 20.7. The molecule has 0 unspecified atom stereocenters. The highest BCUT2D eigenvalue weighted by molar-refractivity contribution is 8.00. The second-order valence-electron chi connectivity index (χ2n) is 8.82. The van der Waals surface area contributed by atoms with Crippen molar-refractivity contribution in [1.82, 2.24) is 4.90 Å². The summed E-state index contributed by atoms with van der Waals surface area (Å²) in [5, 5.41) is 4.87. The SMILES string of the molecule is O=C(CCN1CCCCC1)Nc1ccc2c(c1)N(S(=O)(=O)c1ccc3ccccc3c1)CCS2. The fraction of sp³-hybridized carbons (Fsp3) is 0.346. The fourth-order valence-electron chi connectivity index (χ4n) is 4.64. The van der Waals surface area contributed by atoms with Crippen molar-refractivity contribution in [3.8, 4) is 0 Å². The van der Waals surface area contributed by atoms with Crippen molar-refractivity contribution in [2.75, 3.05) is 41.6 Å². The van der Waals surface area contributed by atoms with Gasteiger partial charge >= 0.3 is 0 Å². The van der Waals surface area contributed by atoms with Gasteiger partial charge in [-0.05, 0) is 67.0 Å². The molecule has 6 nitrogen and oxygen atoms in total. The average Bonchev–Trinajstić information content (AvgIpc) is 2.87. The van der Waals surface area contributed by atoms with E-state index in [1.54, 1.807) is 30.0 Å². The van der Waals surface area contributed by atoms with Crippen LogP contribution in [0, 0.1) is 0 Å². The maximum Gasteiger partial charge on any atom is 0.264 e. The molecule has 34 heavy (non-hydrogen) atoms. The summed E-state index contributed by atoms with van der Waals surface area (Å²) in [5.41, 5.74) is 1.25. The Hall–Kier alpha value is -2.55. The molecule has 3 aromatic carbocycles. The summed E-state index contributed by atoms with van der Waals surface area (Å²) < 4.78 is 28.7. The van der Waals surface area contributed by atoms with Gasteiger partial charge in [-0.25, -0.2) is 8.42 Å². The van der Waals surface area contributed by atoms with Crippen molar-refractivity contribution < 1.29 is 13.2 Å². The molecule has 0 spiro atoms. The number of carbonyl (C=O) groups excluding carboxylic acids is 1. The summed E-state index contributed by atoms with van der Waals surface area (Å²) in [6.45, 7) is 3.27. The lowest BCUT2D eigenvalue weighted by molar-refractivity contribution is -0.116. The van der Waals surface area contributed by atoms with Gasteiger partial charge in [0.15, 0.2) is 0 Å². The van der Waals surface area contributed by atoms with E-state index in [0.717, 1.165) is 35.3 Å². The van der Waals surface area contributed by atoms with Crippen LogP contribution in [0.1, 0.15) is 25.7 Å². The molecule has 0 bridgehead atoms. The molecule has 8 heteroatoms. The summed E-state index contributed by atoms with van der Waals surface area (Å²) in [7, 11) is -3.74. The zero-order chi connectivity index (χ0) is 23.5. The highest BCUT2D eigenvalue weighted by Gasteiger charge is 2.30. The molecular formula is C26H29N3O3S2. The highest BCUT2D eigenvalue weighted by Crippen LogP contribution is 2.39. The number of carbonyl (C=O) groups is 1. The molecule has 1 N–H and O–H groups in total. The summed E-state index contributed by atoms with van der Waals surface area (Å²) in [4.78, 5) is 16.1. The minimum absolute atomic E-state index is 0.0436. The van der Waals surface area contributed by atoms with E-state index in [1.165, 1.54) is 23.6 Å². The van der Waals surface area contributed by atoms with E-state index in [0.29, 0.717) is 30.1 Å². The van der Waals surface area contributed by atoms with Crippen molar-refractivity contribution in [2.45, 2.75) is 35.5 Å². The van der Waals surface area contributed by atoms with Crippen LogP contribution in [0.5, 0.6) is 0 Å². The van der Waals surface area contributed by atoms with Gasteiger partial charge < -0.3 is 10.2 Å². The van der Waals surface area contributed by atoms with Crippen LogP contribution in [-0.4, -0.2) is 51.2 Å². The highest BCUT2D eigenvalue weighted by atomic mass is 32.2. The monoisotopic (exact) mass is 495 g/mol. The summed E-state index contributed by atoms with van der Waals surface area (Å²) in [6.07, 6.45) is 4.11. The Labute approximate surface area is 205 Å². The molecule has 178 valence electrons. The third-order valence-corrected chi connectivity index (χ3v) is 9.33. The number of anilines is 2. The third-order valence-electron chi connectivity index (χ3n) is 6.48. The number of hydrogen-bond donors (Lipinski definition) is 1. The lowest BCUT2D eigenvalue weighted by Gasteiger charge is -2.30. The van der Waals surface area contributed by atoms with Gasteiger partial charge in [-0.1, -0.05) is 36.8 Å². The standard InChI is InChI=1S/C26H29N3O3S2/c30-26(12-15-28-13-4-1-5-14-28)27-22-9-11-25-24(19-22)29(16-17-33-25)34(31,32)23-10-8-20-6-2-3-7-21(20)18-23/h2-3,6-11,18-19H,1,4-5,12-17H2,(H,27,30). The molecule has 1 amide bonds. The van der Waals surface area contributed by atoms with Crippen LogP contribution < -0.4 is 9.62 Å². The van der Waals surface area contributed by atoms with Gasteiger partial charge in [-0.3, -0.25) is 9.10 Å². The number of rotatable bonds is 6. The van der Waals surface area contributed by atoms with Crippen LogP contribution in [0.25, 0.3) is 10.8 Å². The largest absolute Gasteiger partial charge is 0.326 e. The number of nitrogens with zero attached hydrogens (tertiary/aromatic N) is 2. The molecule has 0 saturated carbocycles. The first kappa shape index (κ1) is 23.2. The molecule has 0 aliphatic carbocycles. The fourth-order valence-corrected chi connectivity index (χ4v) is 7.30. The minimum atomic E-state index is -3.74. The Balaban J connectivity index is 1.35. The van der Waals surface area contributed by atoms with Crippen LogP contribution in [0.2, 0.25) is 0 Å². The van der Waals surface area contributed by atoms with Crippen molar-refractivity contribution in [3.63, 3.8) is 0 Å². The van der Waals surface area contributed by atoms with Gasteiger partial charge in [0.2, 0.25) is 5.91 Å². The van der Waals surface area contributed by atoms with Crippen molar-refractivity contribution in [1.29, 1.82) is 0 Å². The maximum atomic E-state index is 13.6. The van der Waals surface area contributed by atoms with Crippen molar-refractivity contribution >= 4 is 49.8 Å². The molecule has 1 fully saturated rings. The second kappa shape index (κ2) is 9.98. The predicted molar refractivity (Wildman–Crippen MR) is 139 cm³/mol. The van der Waals surface area contributed by atoms with E-state index in [-0.39, 0.29) is 10.8 Å². The van der Waals surface area contributed by atoms with E-state index in [1.807, 2.05) is 42.5 Å². The first-order chi connectivity index (χ1) is 16.5. The molecule has 2 aliphatic heterocycles. The quantitative estimate of drug-likeness (QED) is 0.524. The molecule has 3 aromatic rings. The van der Waals surface area contributed by atoms with Crippen LogP contribution in [0.15, 0.2) is 70.5 Å². The number of hydrogen-bond acceptors (Lipinski definition) is 5. The molecule has 5 rings (SSSR count). The molecule has 0 radical (unpaired) electrons. The number of amides is 1.